The Balaban J connectivity index is 1.42. The molecule has 4 aromatic rings. The highest BCUT2D eigenvalue weighted by Gasteiger charge is 2.30. The smallest absolute Gasteiger partial charge is 0.245 e. The van der Waals surface area contributed by atoms with Gasteiger partial charge in [0.15, 0.2) is 0 Å². The van der Waals surface area contributed by atoms with Crippen LogP contribution >= 0.6 is 0 Å². The van der Waals surface area contributed by atoms with Crippen molar-refractivity contribution in [3.8, 4) is 0 Å². The van der Waals surface area contributed by atoms with Crippen LogP contribution in [0.2, 0.25) is 0 Å². The molecule has 1 aliphatic heterocycles. The van der Waals surface area contributed by atoms with Gasteiger partial charge < -0.3 is 14.1 Å². The lowest BCUT2D eigenvalue weighted by atomic mass is 10.2. The molecule has 0 bridgehead atoms. The summed E-state index contributed by atoms with van der Waals surface area (Å²) >= 11 is 0. The molecule has 0 unspecified atom stereocenters. The number of rotatable bonds is 12. The van der Waals surface area contributed by atoms with E-state index in [0.29, 0.717) is 37.5 Å². The molecule has 1 fully saturated rings. The summed E-state index contributed by atoms with van der Waals surface area (Å²) < 4.78 is 40.9. The van der Waals surface area contributed by atoms with Gasteiger partial charge in [-0.25, -0.2) is 8.42 Å². The van der Waals surface area contributed by atoms with Gasteiger partial charge in [-0.1, -0.05) is 48.5 Å². The van der Waals surface area contributed by atoms with Gasteiger partial charge in [0.2, 0.25) is 15.9 Å². The van der Waals surface area contributed by atoms with E-state index in [0.717, 1.165) is 36.3 Å². The van der Waals surface area contributed by atoms with Gasteiger partial charge >= 0.3 is 0 Å². The zero-order valence-electron chi connectivity index (χ0n) is 23.3. The number of amides is 1. The van der Waals surface area contributed by atoms with Crippen LogP contribution in [-0.2, 0) is 32.6 Å². The van der Waals surface area contributed by atoms with Gasteiger partial charge in [0.25, 0.3) is 0 Å². The Morgan fingerprint density at radius 2 is 1.73 bits per heavy atom. The average molecular weight is 577 g/mol. The lowest BCUT2D eigenvalue weighted by Crippen LogP contribution is -2.44. The first-order valence-electron chi connectivity index (χ1n) is 13.9. The Hall–Kier alpha value is -3.57. The SMILES string of the molecule is Cc1ccc(CN(Cc2ccccc2)C(=O)CN(CCCN2CCOCC2)S(=O)(=O)c2cccc3cccnc23)o1. The first-order chi connectivity index (χ1) is 19.9. The maximum absolute atomic E-state index is 14.2. The minimum atomic E-state index is -4.04. The van der Waals surface area contributed by atoms with Crippen LogP contribution in [0, 0.1) is 6.92 Å². The van der Waals surface area contributed by atoms with Crippen LogP contribution in [0.25, 0.3) is 10.9 Å². The number of nitrogens with zero attached hydrogens (tertiary/aromatic N) is 4. The van der Waals surface area contributed by atoms with Crippen LogP contribution in [0.15, 0.2) is 88.3 Å². The third kappa shape index (κ3) is 7.39. The molecule has 0 spiro atoms. The molecular formula is C31H36N4O5S. The molecule has 3 heterocycles. The van der Waals surface area contributed by atoms with Gasteiger partial charge in [0, 0.05) is 37.8 Å². The lowest BCUT2D eigenvalue weighted by molar-refractivity contribution is -0.133. The summed E-state index contributed by atoms with van der Waals surface area (Å²) in [6, 6.07) is 22.1. The minimum absolute atomic E-state index is 0.103. The minimum Gasteiger partial charge on any atom is -0.464 e. The van der Waals surface area contributed by atoms with Gasteiger partial charge in [-0.3, -0.25) is 14.7 Å². The number of aryl methyl sites for hydroxylation is 1. The van der Waals surface area contributed by atoms with Gasteiger partial charge in [-0.2, -0.15) is 4.31 Å². The molecule has 216 valence electrons. The van der Waals surface area contributed by atoms with Crippen LogP contribution in [0.1, 0.15) is 23.5 Å². The molecule has 5 rings (SSSR count). The second-order valence-electron chi connectivity index (χ2n) is 10.2. The van der Waals surface area contributed by atoms with Crippen molar-refractivity contribution >= 4 is 26.8 Å². The van der Waals surface area contributed by atoms with Crippen molar-refractivity contribution in [1.29, 1.82) is 0 Å². The fourth-order valence-corrected chi connectivity index (χ4v) is 6.64. The summed E-state index contributed by atoms with van der Waals surface area (Å²) in [5.41, 5.74) is 1.34. The van der Waals surface area contributed by atoms with Crippen molar-refractivity contribution in [1.82, 2.24) is 19.1 Å². The van der Waals surface area contributed by atoms with Gasteiger partial charge in [0.1, 0.15) is 16.4 Å². The van der Waals surface area contributed by atoms with E-state index in [4.69, 9.17) is 9.15 Å². The summed E-state index contributed by atoms with van der Waals surface area (Å²) in [7, 11) is -4.04. The summed E-state index contributed by atoms with van der Waals surface area (Å²) in [5.74, 6) is 1.10. The molecule has 0 aliphatic carbocycles. The van der Waals surface area contributed by atoms with Gasteiger partial charge in [-0.05, 0) is 49.7 Å². The van der Waals surface area contributed by atoms with Crippen LogP contribution in [0.3, 0.4) is 0 Å². The molecule has 10 heteroatoms. The topological polar surface area (TPSA) is 96.2 Å². The molecular weight excluding hydrogens is 540 g/mol. The number of fused-ring (bicyclic) bond motifs is 1. The standard InChI is InChI=1S/C31H36N4O5S/c1-25-13-14-28(40-25)23-34(22-26-8-3-2-4-9-26)30(36)24-35(17-7-16-33-18-20-39-21-19-33)41(37,38)29-12-5-10-27-11-6-15-32-31(27)29/h2-6,8-15H,7,16-24H2,1H3. The summed E-state index contributed by atoms with van der Waals surface area (Å²) in [4.78, 5) is 22.3. The molecule has 1 amide bonds. The number of carbonyl (C=O) groups is 1. The third-order valence-electron chi connectivity index (χ3n) is 7.22. The maximum atomic E-state index is 14.2. The van der Waals surface area contributed by atoms with E-state index in [9.17, 15) is 13.2 Å². The number of ether oxygens (including phenoxy) is 1. The predicted octanol–water partition coefficient (Wildman–Crippen LogP) is 4.08. The fraction of sp³-hybridized carbons (Fsp3) is 0.355. The number of furan rings is 1. The molecule has 1 aliphatic rings. The summed E-state index contributed by atoms with van der Waals surface area (Å²) in [6.07, 6.45) is 2.17. The second-order valence-corrected chi connectivity index (χ2v) is 12.1. The highest BCUT2D eigenvalue weighted by molar-refractivity contribution is 7.89. The number of sulfonamides is 1. The molecule has 0 atom stereocenters. The average Bonchev–Trinajstić information content (AvgIpc) is 3.41. The Kier molecular flexibility index (Phi) is 9.45. The second kappa shape index (κ2) is 13.4. The normalized spacial score (nSPS) is 14.5. The molecule has 0 N–H and O–H groups in total. The summed E-state index contributed by atoms with van der Waals surface area (Å²) in [6.45, 7) is 6.01. The van der Waals surface area contributed by atoms with Gasteiger partial charge in [0.05, 0.1) is 31.8 Å². The number of hydrogen-bond acceptors (Lipinski definition) is 7. The number of para-hydroxylation sites is 1. The van der Waals surface area contributed by atoms with E-state index in [-0.39, 0.29) is 30.4 Å². The molecule has 0 saturated carbocycles. The predicted molar refractivity (Wildman–Crippen MR) is 157 cm³/mol. The van der Waals surface area contributed by atoms with E-state index in [1.54, 1.807) is 29.3 Å². The molecule has 2 aromatic heterocycles. The molecule has 2 aromatic carbocycles. The third-order valence-corrected chi connectivity index (χ3v) is 9.10. The lowest BCUT2D eigenvalue weighted by Gasteiger charge is -2.29. The Morgan fingerprint density at radius 1 is 0.951 bits per heavy atom. The van der Waals surface area contributed by atoms with E-state index in [1.807, 2.05) is 61.5 Å². The van der Waals surface area contributed by atoms with Crippen LogP contribution < -0.4 is 0 Å². The molecule has 0 radical (unpaired) electrons. The molecule has 9 nitrogen and oxygen atoms in total. The largest absolute Gasteiger partial charge is 0.464 e. The van der Waals surface area contributed by atoms with Crippen molar-refractivity contribution in [2.45, 2.75) is 31.3 Å². The quantitative estimate of drug-likeness (QED) is 0.251. The Morgan fingerprint density at radius 3 is 2.49 bits per heavy atom. The van der Waals surface area contributed by atoms with E-state index >= 15 is 0 Å². The van der Waals surface area contributed by atoms with E-state index in [2.05, 4.69) is 9.88 Å². The highest BCUT2D eigenvalue weighted by Crippen LogP contribution is 2.25. The zero-order chi connectivity index (χ0) is 28.7. The van der Waals surface area contributed by atoms with Crippen LogP contribution in [0.5, 0.6) is 0 Å². The van der Waals surface area contributed by atoms with Crippen LogP contribution in [0.4, 0.5) is 0 Å². The van der Waals surface area contributed by atoms with Gasteiger partial charge in [-0.15, -0.1) is 0 Å². The van der Waals surface area contributed by atoms with Crippen molar-refractivity contribution in [3.05, 3.63) is 96.1 Å². The molecule has 1 saturated heterocycles. The highest BCUT2D eigenvalue weighted by atomic mass is 32.2. The summed E-state index contributed by atoms with van der Waals surface area (Å²) in [5, 5.41) is 0.729. The maximum Gasteiger partial charge on any atom is 0.245 e. The number of carbonyl (C=O) groups excluding carboxylic acids is 1. The Labute approximate surface area is 241 Å². The van der Waals surface area contributed by atoms with Crippen molar-refractivity contribution in [2.24, 2.45) is 0 Å². The van der Waals surface area contributed by atoms with E-state index < -0.39 is 10.0 Å². The van der Waals surface area contributed by atoms with Crippen molar-refractivity contribution in [2.75, 3.05) is 45.9 Å². The zero-order valence-corrected chi connectivity index (χ0v) is 24.1. The Bertz CT molecular complexity index is 1550. The van der Waals surface area contributed by atoms with Crippen molar-refractivity contribution < 1.29 is 22.4 Å². The number of aromatic nitrogens is 1. The number of benzene rings is 2. The number of pyridine rings is 1. The van der Waals surface area contributed by atoms with Crippen LogP contribution in [-0.4, -0.2) is 79.4 Å². The van der Waals surface area contributed by atoms with E-state index in [1.165, 1.54) is 4.31 Å². The number of morpholine rings is 1. The monoisotopic (exact) mass is 576 g/mol. The first-order valence-corrected chi connectivity index (χ1v) is 15.4. The fourth-order valence-electron chi connectivity index (χ4n) is 5.05. The van der Waals surface area contributed by atoms with Crippen molar-refractivity contribution in [3.63, 3.8) is 0 Å². The number of hydrogen-bond donors (Lipinski definition) is 0. The first kappa shape index (κ1) is 28.9. The molecule has 41 heavy (non-hydrogen) atoms.